The highest BCUT2D eigenvalue weighted by molar-refractivity contribution is 6.10. The number of nitrogens with zero attached hydrogens (tertiary/aromatic N) is 7. The van der Waals surface area contributed by atoms with Gasteiger partial charge in [0.25, 0.3) is 0 Å². The van der Waals surface area contributed by atoms with Crippen LogP contribution in [0.15, 0.2) is 53.7 Å². The molecule has 1 amide bonds. The van der Waals surface area contributed by atoms with Crippen LogP contribution < -0.4 is 4.90 Å². The lowest BCUT2D eigenvalue weighted by atomic mass is 10.1. The van der Waals surface area contributed by atoms with E-state index >= 15 is 0 Å². The number of anilines is 1. The molecule has 2 aromatic heterocycles. The quantitative estimate of drug-likeness (QED) is 0.476. The number of amides is 1. The number of aryl methyl sites for hydroxylation is 1. The second-order valence-electron chi connectivity index (χ2n) is 7.89. The van der Waals surface area contributed by atoms with Gasteiger partial charge in [0.15, 0.2) is 11.8 Å². The molecule has 0 aliphatic carbocycles. The molecule has 0 fully saturated rings. The van der Waals surface area contributed by atoms with Crippen LogP contribution in [0.25, 0.3) is 0 Å². The highest BCUT2D eigenvalue weighted by atomic mass is 16.6. The summed E-state index contributed by atoms with van der Waals surface area (Å²) >= 11 is 0. The van der Waals surface area contributed by atoms with Crippen LogP contribution >= 0.6 is 0 Å². The zero-order valence-corrected chi connectivity index (χ0v) is 18.1. The number of pyridine rings is 1. The molecule has 31 heavy (non-hydrogen) atoms. The van der Waals surface area contributed by atoms with E-state index in [2.05, 4.69) is 25.7 Å². The number of tetrazole rings is 1. The second kappa shape index (κ2) is 8.90. The molecule has 0 saturated heterocycles. The Morgan fingerprint density at radius 1 is 1.16 bits per heavy atom. The first-order valence-corrected chi connectivity index (χ1v) is 9.70. The van der Waals surface area contributed by atoms with Crippen LogP contribution in [0.5, 0.6) is 0 Å². The van der Waals surface area contributed by atoms with E-state index in [1.165, 1.54) is 9.58 Å². The predicted molar refractivity (Wildman–Crippen MR) is 115 cm³/mol. The fraction of sp³-hybridized carbons (Fsp3) is 0.333. The van der Waals surface area contributed by atoms with Crippen LogP contribution in [0.1, 0.15) is 50.9 Å². The molecular weight excluding hydrogens is 398 g/mol. The van der Waals surface area contributed by atoms with E-state index < -0.39 is 17.7 Å². The van der Waals surface area contributed by atoms with Gasteiger partial charge in [0, 0.05) is 18.2 Å². The number of hydrogen-bond acceptors (Lipinski definition) is 7. The molecule has 0 saturated carbocycles. The molecule has 0 aliphatic heterocycles. The van der Waals surface area contributed by atoms with Crippen molar-refractivity contribution in [2.45, 2.75) is 39.3 Å². The molecule has 1 aromatic carbocycles. The van der Waals surface area contributed by atoms with Crippen molar-refractivity contribution in [1.29, 1.82) is 0 Å². The highest BCUT2D eigenvalue weighted by Crippen LogP contribution is 2.25. The van der Waals surface area contributed by atoms with Gasteiger partial charge in [-0.3, -0.25) is 4.90 Å². The molecule has 1 atom stereocenters. The molecule has 0 spiro atoms. The number of hydrogen-bond donors (Lipinski definition) is 1. The molecule has 1 unspecified atom stereocenters. The minimum Gasteiger partial charge on any atom is -0.465 e. The normalized spacial score (nSPS) is 13.0. The molecule has 3 aromatic rings. The van der Waals surface area contributed by atoms with Gasteiger partial charge in [-0.05, 0) is 50.3 Å². The first-order chi connectivity index (χ1) is 14.7. The molecule has 10 nitrogen and oxygen atoms in total. The zero-order valence-electron chi connectivity index (χ0n) is 18.1. The van der Waals surface area contributed by atoms with Crippen LogP contribution in [0.2, 0.25) is 0 Å². The molecule has 3 rings (SSSR count). The van der Waals surface area contributed by atoms with Crippen molar-refractivity contribution in [3.8, 4) is 0 Å². The summed E-state index contributed by atoms with van der Waals surface area (Å²) in [6.45, 7) is 7.21. The minimum atomic E-state index is -1.08. The van der Waals surface area contributed by atoms with Crippen LogP contribution in [0, 0.1) is 0 Å². The Morgan fingerprint density at radius 2 is 1.87 bits per heavy atom. The van der Waals surface area contributed by atoms with Gasteiger partial charge in [0.1, 0.15) is 5.82 Å². The van der Waals surface area contributed by atoms with Crippen LogP contribution in [-0.2, 0) is 11.9 Å². The van der Waals surface area contributed by atoms with Crippen LogP contribution in [0.4, 0.5) is 10.6 Å². The first-order valence-electron chi connectivity index (χ1n) is 9.70. The summed E-state index contributed by atoms with van der Waals surface area (Å²) in [7, 11) is 1.72. The van der Waals surface area contributed by atoms with Crippen molar-refractivity contribution in [2.24, 2.45) is 12.2 Å². The lowest BCUT2D eigenvalue weighted by Crippen LogP contribution is -2.45. The van der Waals surface area contributed by atoms with Gasteiger partial charge in [-0.1, -0.05) is 41.6 Å². The van der Waals surface area contributed by atoms with Gasteiger partial charge in [-0.2, -0.15) is 0 Å². The highest BCUT2D eigenvalue weighted by Gasteiger charge is 2.29. The average Bonchev–Trinajstić information content (AvgIpc) is 3.13. The predicted octanol–water partition coefficient (Wildman–Crippen LogP) is 3.42. The van der Waals surface area contributed by atoms with Crippen LogP contribution in [-0.4, -0.2) is 47.6 Å². The molecule has 2 heterocycles. The van der Waals surface area contributed by atoms with E-state index in [4.69, 9.17) is 4.84 Å². The Balaban J connectivity index is 1.91. The first kappa shape index (κ1) is 21.9. The maximum absolute atomic E-state index is 11.8. The van der Waals surface area contributed by atoms with Crippen molar-refractivity contribution in [2.75, 3.05) is 4.90 Å². The van der Waals surface area contributed by atoms with Crippen molar-refractivity contribution in [3.63, 3.8) is 0 Å². The van der Waals surface area contributed by atoms with Crippen molar-refractivity contribution in [3.05, 3.63) is 65.6 Å². The number of carbonyl (C=O) groups is 1. The van der Waals surface area contributed by atoms with Gasteiger partial charge in [-0.25, -0.2) is 14.5 Å². The van der Waals surface area contributed by atoms with E-state index in [1.54, 1.807) is 52.9 Å². The lowest BCUT2D eigenvalue weighted by molar-refractivity contribution is 0.0694. The maximum Gasteiger partial charge on any atom is 0.413 e. The minimum absolute atomic E-state index is 0.317. The summed E-state index contributed by atoms with van der Waals surface area (Å²) in [4.78, 5) is 23.2. The topological polar surface area (TPSA) is 119 Å². The van der Waals surface area contributed by atoms with Gasteiger partial charge >= 0.3 is 6.09 Å². The zero-order chi connectivity index (χ0) is 22.6. The Labute approximate surface area is 180 Å². The Hall–Kier alpha value is -3.82. The third kappa shape index (κ3) is 5.03. The van der Waals surface area contributed by atoms with E-state index in [1.807, 2.05) is 30.3 Å². The smallest absolute Gasteiger partial charge is 0.413 e. The van der Waals surface area contributed by atoms with E-state index in [0.717, 1.165) is 5.56 Å². The molecule has 10 heteroatoms. The lowest BCUT2D eigenvalue weighted by Gasteiger charge is -2.32. The van der Waals surface area contributed by atoms with E-state index in [0.29, 0.717) is 23.0 Å². The third-order valence-electron chi connectivity index (χ3n) is 4.44. The van der Waals surface area contributed by atoms with Crippen molar-refractivity contribution >= 4 is 17.6 Å². The van der Waals surface area contributed by atoms with Crippen molar-refractivity contribution < 1.29 is 14.7 Å². The Morgan fingerprint density at radius 3 is 2.45 bits per heavy atom. The maximum atomic E-state index is 11.8. The fourth-order valence-corrected chi connectivity index (χ4v) is 2.95. The summed E-state index contributed by atoms with van der Waals surface area (Å²) in [5.41, 5.74) is 1.15. The van der Waals surface area contributed by atoms with Crippen LogP contribution in [0.3, 0.4) is 0 Å². The number of carboxylic acid groups (broad SMARTS) is 1. The second-order valence-corrected chi connectivity index (χ2v) is 7.89. The largest absolute Gasteiger partial charge is 0.465 e. The summed E-state index contributed by atoms with van der Waals surface area (Å²) < 4.78 is 1.51. The van der Waals surface area contributed by atoms with Crippen molar-refractivity contribution in [1.82, 2.24) is 25.2 Å². The van der Waals surface area contributed by atoms with Gasteiger partial charge < -0.3 is 9.94 Å². The van der Waals surface area contributed by atoms with Gasteiger partial charge in [0.2, 0.25) is 5.82 Å². The Kier molecular flexibility index (Phi) is 6.28. The number of rotatable bonds is 6. The molecular formula is C21H25N7O3. The van der Waals surface area contributed by atoms with E-state index in [-0.39, 0.29) is 0 Å². The SMILES string of the molecule is CC(ON=C(c1ccccc1)c1nnnn1C)c1cccc(N(C(=O)O)C(C)(C)C)n1. The molecule has 0 bridgehead atoms. The summed E-state index contributed by atoms with van der Waals surface area (Å²) in [6, 6.07) is 14.6. The summed E-state index contributed by atoms with van der Waals surface area (Å²) in [5.74, 6) is 0.766. The molecule has 0 aliphatic rings. The van der Waals surface area contributed by atoms with E-state index in [9.17, 15) is 9.90 Å². The third-order valence-corrected chi connectivity index (χ3v) is 4.44. The average molecular weight is 423 g/mol. The monoisotopic (exact) mass is 423 g/mol. The number of benzene rings is 1. The number of aromatic nitrogens is 5. The molecule has 1 N–H and O–H groups in total. The summed E-state index contributed by atoms with van der Waals surface area (Å²) in [5, 5.41) is 25.5. The summed E-state index contributed by atoms with van der Waals surface area (Å²) in [6.07, 6.45) is -1.62. The van der Waals surface area contributed by atoms with Gasteiger partial charge in [-0.15, -0.1) is 5.10 Å². The Bertz CT molecular complexity index is 1070. The molecule has 162 valence electrons. The fourth-order valence-electron chi connectivity index (χ4n) is 2.95. The van der Waals surface area contributed by atoms with Gasteiger partial charge in [0.05, 0.1) is 5.69 Å². The molecule has 0 radical (unpaired) electrons. The number of oxime groups is 1. The standard InChI is InChI=1S/C21H25N7O3/c1-14(16-12-9-13-17(22-16)28(20(29)30)21(2,3)4)31-24-18(15-10-7-6-8-11-15)19-23-25-26-27(19)5/h6-14H,1-5H3,(H,29,30).